The summed E-state index contributed by atoms with van der Waals surface area (Å²) in [6, 6.07) is 10.7. The Kier molecular flexibility index (Phi) is 2.13. The third kappa shape index (κ3) is 1.47. The highest BCUT2D eigenvalue weighted by Gasteiger charge is 2.11. The van der Waals surface area contributed by atoms with E-state index < -0.39 is 0 Å². The molecule has 0 fully saturated rings. The van der Waals surface area contributed by atoms with Gasteiger partial charge in [0.15, 0.2) is 0 Å². The zero-order chi connectivity index (χ0) is 11.0. The minimum absolute atomic E-state index is 1.06. The Morgan fingerprint density at radius 2 is 2.19 bits per heavy atom. The highest BCUT2D eigenvalue weighted by molar-refractivity contribution is 5.71. The summed E-state index contributed by atoms with van der Waals surface area (Å²) >= 11 is 0. The SMILES string of the molecule is Cc1ncccc1-c1ccc2c(c1)CCN2. The van der Waals surface area contributed by atoms with E-state index in [1.165, 1.54) is 22.4 Å². The second kappa shape index (κ2) is 3.63. The molecule has 2 aromatic rings. The summed E-state index contributed by atoms with van der Waals surface area (Å²) in [5, 5.41) is 3.38. The highest BCUT2D eigenvalue weighted by Crippen LogP contribution is 2.29. The summed E-state index contributed by atoms with van der Waals surface area (Å²) in [6.45, 7) is 3.12. The van der Waals surface area contributed by atoms with Crippen LogP contribution >= 0.6 is 0 Å². The van der Waals surface area contributed by atoms with E-state index in [1.807, 2.05) is 12.3 Å². The molecule has 0 atom stereocenters. The molecule has 2 heterocycles. The van der Waals surface area contributed by atoms with Gasteiger partial charge in [0, 0.05) is 29.7 Å². The van der Waals surface area contributed by atoms with Crippen LogP contribution in [-0.4, -0.2) is 11.5 Å². The van der Waals surface area contributed by atoms with Crippen LogP contribution in [0.2, 0.25) is 0 Å². The number of anilines is 1. The average molecular weight is 210 g/mol. The van der Waals surface area contributed by atoms with Crippen molar-refractivity contribution in [1.29, 1.82) is 0 Å². The molecule has 3 rings (SSSR count). The Labute approximate surface area is 95.3 Å². The third-order valence-corrected chi connectivity index (χ3v) is 3.13. The molecule has 1 aliphatic heterocycles. The number of rotatable bonds is 1. The molecule has 2 nitrogen and oxygen atoms in total. The number of pyridine rings is 1. The molecule has 0 saturated heterocycles. The van der Waals surface area contributed by atoms with Crippen LogP contribution in [0, 0.1) is 6.92 Å². The molecule has 0 radical (unpaired) electrons. The van der Waals surface area contributed by atoms with Crippen molar-refractivity contribution in [2.24, 2.45) is 0 Å². The zero-order valence-electron chi connectivity index (χ0n) is 9.33. The van der Waals surface area contributed by atoms with Gasteiger partial charge in [-0.3, -0.25) is 4.98 Å². The lowest BCUT2D eigenvalue weighted by Gasteiger charge is -2.07. The standard InChI is InChI=1S/C14H14N2/c1-10-13(3-2-7-15-10)11-4-5-14-12(9-11)6-8-16-14/h2-5,7,9,16H,6,8H2,1H3. The van der Waals surface area contributed by atoms with E-state index in [9.17, 15) is 0 Å². The van der Waals surface area contributed by atoms with E-state index in [-0.39, 0.29) is 0 Å². The molecule has 0 aliphatic carbocycles. The molecule has 2 heteroatoms. The molecule has 1 aromatic heterocycles. The van der Waals surface area contributed by atoms with Gasteiger partial charge in [0.25, 0.3) is 0 Å². The number of hydrogen-bond donors (Lipinski definition) is 1. The Balaban J connectivity index is 2.11. The van der Waals surface area contributed by atoms with Crippen LogP contribution in [0.4, 0.5) is 5.69 Å². The smallest absolute Gasteiger partial charge is 0.0450 e. The number of nitrogens with one attached hydrogen (secondary N) is 1. The first kappa shape index (κ1) is 9.40. The number of benzene rings is 1. The van der Waals surface area contributed by atoms with Crippen LogP contribution in [0.15, 0.2) is 36.5 Å². The normalized spacial score (nSPS) is 13.3. The second-order valence-corrected chi connectivity index (χ2v) is 4.19. The third-order valence-electron chi connectivity index (χ3n) is 3.13. The Hall–Kier alpha value is -1.83. The van der Waals surface area contributed by atoms with Crippen molar-refractivity contribution < 1.29 is 0 Å². The molecule has 80 valence electrons. The number of aromatic nitrogens is 1. The maximum atomic E-state index is 4.33. The summed E-state index contributed by atoms with van der Waals surface area (Å²) in [4.78, 5) is 4.33. The topological polar surface area (TPSA) is 24.9 Å². The molecule has 1 aliphatic rings. The number of nitrogens with zero attached hydrogens (tertiary/aromatic N) is 1. The first-order valence-corrected chi connectivity index (χ1v) is 5.63. The molecule has 0 unspecified atom stereocenters. The van der Waals surface area contributed by atoms with Gasteiger partial charge >= 0.3 is 0 Å². The predicted octanol–water partition coefficient (Wildman–Crippen LogP) is 3.03. The molecule has 0 amide bonds. The second-order valence-electron chi connectivity index (χ2n) is 4.19. The number of hydrogen-bond acceptors (Lipinski definition) is 2. The van der Waals surface area contributed by atoms with Gasteiger partial charge in [0.1, 0.15) is 0 Å². The minimum Gasteiger partial charge on any atom is -0.384 e. The molecular formula is C14H14N2. The van der Waals surface area contributed by atoms with Gasteiger partial charge in [0.05, 0.1) is 0 Å². The van der Waals surface area contributed by atoms with Crippen LogP contribution in [0.3, 0.4) is 0 Å². The number of fused-ring (bicyclic) bond motifs is 1. The van der Waals surface area contributed by atoms with E-state index >= 15 is 0 Å². The predicted molar refractivity (Wildman–Crippen MR) is 66.6 cm³/mol. The van der Waals surface area contributed by atoms with E-state index in [0.29, 0.717) is 0 Å². The zero-order valence-corrected chi connectivity index (χ0v) is 9.33. The molecule has 1 N–H and O–H groups in total. The van der Waals surface area contributed by atoms with Crippen LogP contribution in [-0.2, 0) is 6.42 Å². The van der Waals surface area contributed by atoms with Gasteiger partial charge in [0.2, 0.25) is 0 Å². The Morgan fingerprint density at radius 1 is 1.25 bits per heavy atom. The lowest BCUT2D eigenvalue weighted by Crippen LogP contribution is -1.90. The largest absolute Gasteiger partial charge is 0.384 e. The summed E-state index contributed by atoms with van der Waals surface area (Å²) in [5.74, 6) is 0. The van der Waals surface area contributed by atoms with Crippen molar-refractivity contribution in [2.45, 2.75) is 13.3 Å². The first-order chi connectivity index (χ1) is 7.84. The minimum atomic E-state index is 1.06. The van der Waals surface area contributed by atoms with Gasteiger partial charge in [-0.05, 0) is 42.7 Å². The molecular weight excluding hydrogens is 196 g/mol. The van der Waals surface area contributed by atoms with Gasteiger partial charge in [-0.15, -0.1) is 0 Å². The maximum absolute atomic E-state index is 4.33. The maximum Gasteiger partial charge on any atom is 0.0450 e. The van der Waals surface area contributed by atoms with Gasteiger partial charge in [-0.25, -0.2) is 0 Å². The summed E-state index contributed by atoms with van der Waals surface area (Å²) in [7, 11) is 0. The van der Waals surface area contributed by atoms with Crippen molar-refractivity contribution in [3.05, 3.63) is 47.8 Å². The van der Waals surface area contributed by atoms with E-state index in [1.54, 1.807) is 0 Å². The van der Waals surface area contributed by atoms with Crippen LogP contribution < -0.4 is 5.32 Å². The Bertz CT molecular complexity index is 532. The van der Waals surface area contributed by atoms with Crippen LogP contribution in [0.1, 0.15) is 11.3 Å². The Morgan fingerprint density at radius 3 is 3.06 bits per heavy atom. The van der Waals surface area contributed by atoms with Crippen molar-refractivity contribution in [3.8, 4) is 11.1 Å². The fraction of sp³-hybridized carbons (Fsp3) is 0.214. The molecule has 0 saturated carbocycles. The van der Waals surface area contributed by atoms with E-state index in [0.717, 1.165) is 18.7 Å². The van der Waals surface area contributed by atoms with Crippen molar-refractivity contribution in [3.63, 3.8) is 0 Å². The first-order valence-electron chi connectivity index (χ1n) is 5.63. The monoisotopic (exact) mass is 210 g/mol. The van der Waals surface area contributed by atoms with Crippen LogP contribution in [0.5, 0.6) is 0 Å². The summed E-state index contributed by atoms with van der Waals surface area (Å²) in [5.41, 5.74) is 6.30. The highest BCUT2D eigenvalue weighted by atomic mass is 14.9. The van der Waals surface area contributed by atoms with Crippen LogP contribution in [0.25, 0.3) is 11.1 Å². The van der Waals surface area contributed by atoms with Crippen molar-refractivity contribution in [2.75, 3.05) is 11.9 Å². The molecule has 0 bridgehead atoms. The van der Waals surface area contributed by atoms with Gasteiger partial charge < -0.3 is 5.32 Å². The van der Waals surface area contributed by atoms with Gasteiger partial charge in [-0.2, -0.15) is 0 Å². The summed E-state index contributed by atoms with van der Waals surface area (Å²) < 4.78 is 0. The fourth-order valence-corrected chi connectivity index (χ4v) is 2.26. The lowest BCUT2D eigenvalue weighted by molar-refractivity contribution is 1.11. The van der Waals surface area contributed by atoms with E-state index in [4.69, 9.17) is 0 Å². The van der Waals surface area contributed by atoms with Gasteiger partial charge in [-0.1, -0.05) is 12.1 Å². The quantitative estimate of drug-likeness (QED) is 0.782. The fourth-order valence-electron chi connectivity index (χ4n) is 2.26. The molecule has 1 aromatic carbocycles. The number of aryl methyl sites for hydroxylation is 1. The van der Waals surface area contributed by atoms with Crippen molar-refractivity contribution >= 4 is 5.69 Å². The molecule has 16 heavy (non-hydrogen) atoms. The summed E-state index contributed by atoms with van der Waals surface area (Å²) in [6.07, 6.45) is 2.97. The average Bonchev–Trinajstić information content (AvgIpc) is 2.76. The molecule has 0 spiro atoms. The lowest BCUT2D eigenvalue weighted by atomic mass is 10.0. The van der Waals surface area contributed by atoms with E-state index in [2.05, 4.69) is 41.5 Å². The van der Waals surface area contributed by atoms with Crippen molar-refractivity contribution in [1.82, 2.24) is 4.98 Å².